The van der Waals surface area contributed by atoms with Crippen molar-refractivity contribution in [3.8, 4) is 0 Å². The lowest BCUT2D eigenvalue weighted by Gasteiger charge is -2.29. The van der Waals surface area contributed by atoms with Crippen molar-refractivity contribution >= 4 is 40.3 Å². The number of amides is 1. The van der Waals surface area contributed by atoms with E-state index in [1.165, 1.54) is 17.4 Å². The van der Waals surface area contributed by atoms with E-state index in [1.807, 2.05) is 49.5 Å². The maximum atomic E-state index is 12.9. The minimum atomic E-state index is -0.0610. The number of carbonyl (C=O) groups is 1. The van der Waals surface area contributed by atoms with Gasteiger partial charge in [0, 0.05) is 16.8 Å². The average Bonchev–Trinajstić information content (AvgIpc) is 2.91. The van der Waals surface area contributed by atoms with Crippen molar-refractivity contribution in [2.45, 2.75) is 11.4 Å². The molecule has 2 aliphatic heterocycles. The van der Waals surface area contributed by atoms with Crippen LogP contribution in [0.25, 0.3) is 0 Å². The van der Waals surface area contributed by atoms with E-state index in [0.717, 1.165) is 15.4 Å². The first-order chi connectivity index (χ1) is 12.1. The monoisotopic (exact) mass is 367 g/mol. The Bertz CT molecular complexity index is 879. The molecule has 0 unspecified atom stereocenters. The molecule has 2 aromatic rings. The highest BCUT2D eigenvalue weighted by molar-refractivity contribution is 8.19. The molecule has 2 aliphatic rings. The van der Waals surface area contributed by atoms with Crippen LogP contribution in [0.1, 0.15) is 5.56 Å². The van der Waals surface area contributed by atoms with Crippen LogP contribution in [0.5, 0.6) is 0 Å². The first-order valence-corrected chi connectivity index (χ1v) is 9.60. The van der Waals surface area contributed by atoms with Crippen LogP contribution < -0.4 is 4.90 Å². The van der Waals surface area contributed by atoms with Crippen molar-refractivity contribution in [1.82, 2.24) is 4.90 Å². The Labute approximate surface area is 155 Å². The zero-order valence-electron chi connectivity index (χ0n) is 13.7. The van der Waals surface area contributed by atoms with Gasteiger partial charge in [-0.15, -0.1) is 0 Å². The molecular weight excluding hydrogens is 350 g/mol. The minimum Gasteiger partial charge on any atom is -0.369 e. The van der Waals surface area contributed by atoms with Crippen molar-refractivity contribution in [1.29, 1.82) is 5.41 Å². The van der Waals surface area contributed by atoms with Gasteiger partial charge >= 0.3 is 0 Å². The fraction of sp³-hybridized carbons (Fsp3) is 0.158. The molecule has 4 rings (SSSR count). The van der Waals surface area contributed by atoms with E-state index in [4.69, 9.17) is 5.41 Å². The number of fused-ring (bicyclic) bond motifs is 1. The van der Waals surface area contributed by atoms with E-state index in [2.05, 4.69) is 17.0 Å². The van der Waals surface area contributed by atoms with Gasteiger partial charge in [-0.3, -0.25) is 15.1 Å². The molecule has 0 aliphatic carbocycles. The smallest absolute Gasteiger partial charge is 0.267 e. The van der Waals surface area contributed by atoms with Crippen molar-refractivity contribution in [2.75, 3.05) is 18.5 Å². The quantitative estimate of drug-likeness (QED) is 0.810. The van der Waals surface area contributed by atoms with Crippen LogP contribution >= 0.6 is 23.5 Å². The van der Waals surface area contributed by atoms with E-state index in [0.29, 0.717) is 23.2 Å². The zero-order valence-corrected chi connectivity index (χ0v) is 15.4. The topological polar surface area (TPSA) is 47.4 Å². The highest BCUT2D eigenvalue weighted by atomic mass is 32.2. The molecule has 0 bridgehead atoms. The van der Waals surface area contributed by atoms with Gasteiger partial charge in [0.25, 0.3) is 5.91 Å². The van der Waals surface area contributed by atoms with Gasteiger partial charge in [-0.25, -0.2) is 0 Å². The van der Waals surface area contributed by atoms with E-state index in [-0.39, 0.29) is 5.91 Å². The summed E-state index contributed by atoms with van der Waals surface area (Å²) in [6.07, 6.45) is 0. The van der Waals surface area contributed by atoms with Gasteiger partial charge in [-0.05, 0) is 29.5 Å². The Kier molecular flexibility index (Phi) is 4.31. The molecule has 1 fully saturated rings. The summed E-state index contributed by atoms with van der Waals surface area (Å²) in [5, 5.41) is 8.55. The lowest BCUT2D eigenvalue weighted by atomic mass is 10.2. The number of rotatable bonds is 2. The molecule has 6 heteroatoms. The summed E-state index contributed by atoms with van der Waals surface area (Å²) < 4.78 is 0. The molecule has 126 valence electrons. The van der Waals surface area contributed by atoms with E-state index < -0.39 is 0 Å². The standard InChI is InChI=1S/C19H17N3OS2/c1-21-12-16(24-15-10-6-5-9-14(15)21)17-18(23)22(19(20)25-17)11-13-7-3-2-4-8-13/h2-10,20H,11-12H2,1H3/b17-16-,20-19?. The van der Waals surface area contributed by atoms with Crippen LogP contribution in [-0.2, 0) is 11.3 Å². The minimum absolute atomic E-state index is 0.0610. The lowest BCUT2D eigenvalue weighted by molar-refractivity contribution is -0.122. The molecule has 4 nitrogen and oxygen atoms in total. The van der Waals surface area contributed by atoms with Crippen molar-refractivity contribution in [3.63, 3.8) is 0 Å². The second-order valence-corrected chi connectivity index (χ2v) is 8.10. The summed E-state index contributed by atoms with van der Waals surface area (Å²) in [7, 11) is 2.04. The molecule has 0 aromatic heterocycles. The fourth-order valence-corrected chi connectivity index (χ4v) is 5.19. The zero-order chi connectivity index (χ0) is 17.4. The second kappa shape index (κ2) is 6.61. The third-order valence-corrected chi connectivity index (χ3v) is 6.52. The SMILES string of the molecule is CN1C/C(=C2/SC(=N)N(Cc3ccccc3)C2=O)Sc2ccccc21. The molecular formula is C19H17N3OS2. The molecule has 2 aromatic carbocycles. The normalized spacial score (nSPS) is 20.2. The number of anilines is 1. The maximum absolute atomic E-state index is 12.9. The van der Waals surface area contributed by atoms with Crippen LogP contribution in [0.4, 0.5) is 5.69 Å². The van der Waals surface area contributed by atoms with Crippen LogP contribution in [0, 0.1) is 5.41 Å². The van der Waals surface area contributed by atoms with Crippen molar-refractivity contribution in [3.05, 3.63) is 70.0 Å². The number of amidine groups is 1. The summed E-state index contributed by atoms with van der Waals surface area (Å²) >= 11 is 2.92. The number of thioether (sulfide) groups is 2. The Morgan fingerprint density at radius 3 is 2.56 bits per heavy atom. The predicted molar refractivity (Wildman–Crippen MR) is 105 cm³/mol. The van der Waals surface area contributed by atoms with Gasteiger partial charge in [0.2, 0.25) is 0 Å². The Morgan fingerprint density at radius 1 is 1.04 bits per heavy atom. The molecule has 0 saturated carbocycles. The Hall–Kier alpha value is -2.18. The molecule has 1 saturated heterocycles. The van der Waals surface area contributed by atoms with Crippen molar-refractivity contribution < 1.29 is 4.79 Å². The van der Waals surface area contributed by atoms with Gasteiger partial charge in [0.1, 0.15) is 0 Å². The van der Waals surface area contributed by atoms with Crippen LogP contribution in [-0.4, -0.2) is 29.6 Å². The van der Waals surface area contributed by atoms with Crippen LogP contribution in [0.3, 0.4) is 0 Å². The number of benzene rings is 2. The first-order valence-electron chi connectivity index (χ1n) is 7.97. The Morgan fingerprint density at radius 2 is 1.76 bits per heavy atom. The van der Waals surface area contributed by atoms with Gasteiger partial charge in [0.15, 0.2) is 5.17 Å². The summed E-state index contributed by atoms with van der Waals surface area (Å²) in [4.78, 5) is 19.5. The highest BCUT2D eigenvalue weighted by Gasteiger charge is 2.36. The number of hydrogen-bond donors (Lipinski definition) is 1. The number of para-hydroxylation sites is 1. The number of nitrogens with one attached hydrogen (secondary N) is 1. The van der Waals surface area contributed by atoms with Gasteiger partial charge < -0.3 is 4.90 Å². The molecule has 2 heterocycles. The molecule has 1 N–H and O–H groups in total. The number of carbonyl (C=O) groups excluding carboxylic acids is 1. The summed E-state index contributed by atoms with van der Waals surface area (Å²) in [6.45, 7) is 1.14. The van der Waals surface area contributed by atoms with E-state index >= 15 is 0 Å². The first kappa shape index (κ1) is 16.3. The average molecular weight is 367 g/mol. The van der Waals surface area contributed by atoms with Gasteiger partial charge in [0.05, 0.1) is 23.7 Å². The molecule has 0 radical (unpaired) electrons. The van der Waals surface area contributed by atoms with Gasteiger partial charge in [-0.2, -0.15) is 0 Å². The van der Waals surface area contributed by atoms with Crippen LogP contribution in [0.15, 0.2) is 69.3 Å². The predicted octanol–water partition coefficient (Wildman–Crippen LogP) is 4.15. The number of hydrogen-bond acceptors (Lipinski definition) is 5. The summed E-state index contributed by atoms with van der Waals surface area (Å²) in [5.74, 6) is -0.0610. The third-order valence-electron chi connectivity index (χ3n) is 4.21. The highest BCUT2D eigenvalue weighted by Crippen LogP contribution is 2.45. The largest absolute Gasteiger partial charge is 0.369 e. The van der Waals surface area contributed by atoms with Crippen molar-refractivity contribution in [2.24, 2.45) is 0 Å². The molecule has 1 amide bonds. The van der Waals surface area contributed by atoms with E-state index in [1.54, 1.807) is 16.7 Å². The lowest BCUT2D eigenvalue weighted by Crippen LogP contribution is -2.29. The van der Waals surface area contributed by atoms with E-state index in [9.17, 15) is 4.79 Å². The summed E-state index contributed by atoms with van der Waals surface area (Å²) in [5.41, 5.74) is 2.22. The maximum Gasteiger partial charge on any atom is 0.267 e. The third kappa shape index (κ3) is 3.07. The molecule has 0 atom stereocenters. The number of likely N-dealkylation sites (N-methyl/N-ethyl adjacent to an activating group) is 1. The number of nitrogens with zero attached hydrogens (tertiary/aromatic N) is 2. The Balaban J connectivity index is 1.63. The fourth-order valence-electron chi connectivity index (χ4n) is 2.94. The molecule has 0 spiro atoms. The van der Waals surface area contributed by atoms with Crippen LogP contribution in [0.2, 0.25) is 0 Å². The van der Waals surface area contributed by atoms with Gasteiger partial charge in [-0.1, -0.05) is 54.2 Å². The second-order valence-electron chi connectivity index (χ2n) is 5.96. The molecule has 25 heavy (non-hydrogen) atoms. The summed E-state index contributed by atoms with van der Waals surface area (Å²) in [6, 6.07) is 18.0.